The van der Waals surface area contributed by atoms with Crippen molar-refractivity contribution in [3.63, 3.8) is 0 Å². The molecule has 1 fully saturated rings. The molecule has 1 saturated heterocycles. The monoisotopic (exact) mass is 325 g/mol. The van der Waals surface area contributed by atoms with Crippen LogP contribution in [0.4, 0.5) is 0 Å². The average molecular weight is 325 g/mol. The SMILES string of the molecule is CCc1sc(C(=O)OCC2CN(CC(C)C)CCO2)cc1C. The van der Waals surface area contributed by atoms with Crippen LogP contribution in [0.15, 0.2) is 6.07 Å². The third-order valence-electron chi connectivity index (χ3n) is 3.79. The van der Waals surface area contributed by atoms with Gasteiger partial charge in [-0.15, -0.1) is 11.3 Å². The fourth-order valence-electron chi connectivity index (χ4n) is 2.77. The molecule has 1 unspecified atom stereocenters. The van der Waals surface area contributed by atoms with Crippen molar-refractivity contribution in [2.24, 2.45) is 5.92 Å². The highest BCUT2D eigenvalue weighted by Gasteiger charge is 2.23. The Morgan fingerprint density at radius 2 is 2.32 bits per heavy atom. The molecule has 1 aromatic rings. The Hall–Kier alpha value is -0.910. The maximum Gasteiger partial charge on any atom is 0.348 e. The number of carbonyl (C=O) groups is 1. The zero-order valence-corrected chi connectivity index (χ0v) is 14.9. The van der Waals surface area contributed by atoms with Crippen LogP contribution in [0.25, 0.3) is 0 Å². The molecule has 0 radical (unpaired) electrons. The average Bonchev–Trinajstić information content (AvgIpc) is 2.85. The van der Waals surface area contributed by atoms with Crippen LogP contribution in [0.3, 0.4) is 0 Å². The molecule has 1 atom stereocenters. The molecule has 5 heteroatoms. The standard InChI is InChI=1S/C17H27NO3S/c1-5-15-13(4)8-16(22-15)17(19)21-11-14-10-18(6-7-20-14)9-12(2)3/h8,12,14H,5-7,9-11H2,1-4H3. The molecule has 0 amide bonds. The lowest BCUT2D eigenvalue weighted by Crippen LogP contribution is -2.45. The van der Waals surface area contributed by atoms with Crippen LogP contribution in [0, 0.1) is 12.8 Å². The summed E-state index contributed by atoms with van der Waals surface area (Å²) in [6.45, 7) is 12.5. The fraction of sp³-hybridized carbons (Fsp3) is 0.706. The summed E-state index contributed by atoms with van der Waals surface area (Å²) in [5.41, 5.74) is 1.18. The van der Waals surface area contributed by atoms with Crippen LogP contribution in [0.1, 0.15) is 40.9 Å². The topological polar surface area (TPSA) is 38.8 Å². The normalized spacial score (nSPS) is 19.6. The first-order chi connectivity index (χ1) is 10.5. The van der Waals surface area contributed by atoms with E-state index in [4.69, 9.17) is 9.47 Å². The summed E-state index contributed by atoms with van der Waals surface area (Å²) < 4.78 is 11.2. The van der Waals surface area contributed by atoms with Gasteiger partial charge in [-0.05, 0) is 30.9 Å². The number of esters is 1. The van der Waals surface area contributed by atoms with Crippen molar-refractivity contribution in [2.75, 3.05) is 32.8 Å². The molecule has 1 aliphatic heterocycles. The molecular formula is C17H27NO3S. The van der Waals surface area contributed by atoms with Crippen molar-refractivity contribution < 1.29 is 14.3 Å². The number of thiophene rings is 1. The van der Waals surface area contributed by atoms with Gasteiger partial charge in [0, 0.05) is 24.5 Å². The van der Waals surface area contributed by atoms with E-state index < -0.39 is 0 Å². The largest absolute Gasteiger partial charge is 0.459 e. The second kappa shape index (κ2) is 8.09. The minimum absolute atomic E-state index is 0.0110. The summed E-state index contributed by atoms with van der Waals surface area (Å²) >= 11 is 1.54. The number of nitrogens with zero attached hydrogens (tertiary/aromatic N) is 1. The van der Waals surface area contributed by atoms with Gasteiger partial charge in [0.15, 0.2) is 0 Å². The van der Waals surface area contributed by atoms with Crippen molar-refractivity contribution in [1.82, 2.24) is 4.90 Å². The zero-order valence-electron chi connectivity index (χ0n) is 14.1. The number of hydrogen-bond acceptors (Lipinski definition) is 5. The highest BCUT2D eigenvalue weighted by atomic mass is 32.1. The summed E-state index contributed by atoms with van der Waals surface area (Å²) in [6, 6.07) is 1.93. The quantitative estimate of drug-likeness (QED) is 0.753. The summed E-state index contributed by atoms with van der Waals surface area (Å²) in [5, 5.41) is 0. The Kier molecular flexibility index (Phi) is 6.41. The van der Waals surface area contributed by atoms with E-state index in [1.54, 1.807) is 0 Å². The van der Waals surface area contributed by atoms with Gasteiger partial charge in [0.1, 0.15) is 17.6 Å². The van der Waals surface area contributed by atoms with Gasteiger partial charge in [-0.25, -0.2) is 4.79 Å². The van der Waals surface area contributed by atoms with Crippen LogP contribution in [0.5, 0.6) is 0 Å². The lowest BCUT2D eigenvalue weighted by atomic mass is 10.2. The Bertz CT molecular complexity index is 498. The minimum atomic E-state index is -0.225. The van der Waals surface area contributed by atoms with Gasteiger partial charge in [0.2, 0.25) is 0 Å². The highest BCUT2D eigenvalue weighted by Crippen LogP contribution is 2.23. The number of carbonyl (C=O) groups excluding carboxylic acids is 1. The van der Waals surface area contributed by atoms with E-state index in [0.717, 1.165) is 26.1 Å². The van der Waals surface area contributed by atoms with E-state index >= 15 is 0 Å². The van der Waals surface area contributed by atoms with Gasteiger partial charge in [-0.2, -0.15) is 0 Å². The second-order valence-corrected chi connectivity index (χ2v) is 7.45. The first kappa shape index (κ1) is 17.4. The predicted octanol–water partition coefficient (Wildman–Crippen LogP) is 3.13. The smallest absolute Gasteiger partial charge is 0.348 e. The second-order valence-electron chi connectivity index (χ2n) is 6.32. The lowest BCUT2D eigenvalue weighted by Gasteiger charge is -2.33. The van der Waals surface area contributed by atoms with Gasteiger partial charge in [-0.3, -0.25) is 4.90 Å². The molecule has 0 aliphatic carbocycles. The van der Waals surface area contributed by atoms with Crippen LogP contribution < -0.4 is 0 Å². The van der Waals surface area contributed by atoms with E-state index in [-0.39, 0.29) is 12.1 Å². The minimum Gasteiger partial charge on any atom is -0.459 e. The van der Waals surface area contributed by atoms with Gasteiger partial charge in [-0.1, -0.05) is 20.8 Å². The van der Waals surface area contributed by atoms with Crippen molar-refractivity contribution >= 4 is 17.3 Å². The number of morpholine rings is 1. The molecule has 4 nitrogen and oxygen atoms in total. The first-order valence-electron chi connectivity index (χ1n) is 8.10. The Balaban J connectivity index is 1.82. The number of aryl methyl sites for hydroxylation is 2. The molecular weight excluding hydrogens is 298 g/mol. The van der Waals surface area contributed by atoms with Crippen LogP contribution >= 0.6 is 11.3 Å². The molecule has 0 bridgehead atoms. The maximum absolute atomic E-state index is 12.1. The third kappa shape index (κ3) is 4.80. The zero-order chi connectivity index (χ0) is 16.1. The first-order valence-corrected chi connectivity index (χ1v) is 8.91. The number of hydrogen-bond donors (Lipinski definition) is 0. The van der Waals surface area contributed by atoms with Crippen LogP contribution in [-0.4, -0.2) is 49.8 Å². The van der Waals surface area contributed by atoms with E-state index in [2.05, 4.69) is 25.7 Å². The third-order valence-corrected chi connectivity index (χ3v) is 5.15. The maximum atomic E-state index is 12.1. The molecule has 0 N–H and O–H groups in total. The van der Waals surface area contributed by atoms with E-state index in [1.807, 2.05) is 13.0 Å². The number of ether oxygens (including phenoxy) is 2. The molecule has 0 saturated carbocycles. The van der Waals surface area contributed by atoms with Gasteiger partial charge in [0.05, 0.1) is 6.61 Å². The summed E-state index contributed by atoms with van der Waals surface area (Å²) in [7, 11) is 0. The van der Waals surface area contributed by atoms with E-state index in [9.17, 15) is 4.79 Å². The van der Waals surface area contributed by atoms with Crippen molar-refractivity contribution in [1.29, 1.82) is 0 Å². The van der Waals surface area contributed by atoms with Gasteiger partial charge < -0.3 is 9.47 Å². The molecule has 1 aromatic heterocycles. The molecule has 0 aromatic carbocycles. The van der Waals surface area contributed by atoms with Gasteiger partial charge in [0.25, 0.3) is 0 Å². The van der Waals surface area contributed by atoms with Crippen molar-refractivity contribution in [3.05, 3.63) is 21.4 Å². The Labute approximate surface area is 137 Å². The molecule has 22 heavy (non-hydrogen) atoms. The molecule has 2 heterocycles. The highest BCUT2D eigenvalue weighted by molar-refractivity contribution is 7.14. The molecule has 0 spiro atoms. The summed E-state index contributed by atoms with van der Waals surface area (Å²) in [6.07, 6.45) is 0.947. The summed E-state index contributed by atoms with van der Waals surface area (Å²) in [4.78, 5) is 16.5. The predicted molar refractivity (Wildman–Crippen MR) is 89.7 cm³/mol. The Morgan fingerprint density at radius 3 is 2.95 bits per heavy atom. The van der Waals surface area contributed by atoms with Crippen LogP contribution in [-0.2, 0) is 15.9 Å². The van der Waals surface area contributed by atoms with Crippen LogP contribution in [0.2, 0.25) is 0 Å². The van der Waals surface area contributed by atoms with E-state index in [1.165, 1.54) is 21.8 Å². The number of rotatable bonds is 6. The van der Waals surface area contributed by atoms with Gasteiger partial charge >= 0.3 is 5.97 Å². The fourth-order valence-corrected chi connectivity index (χ4v) is 3.78. The van der Waals surface area contributed by atoms with Crippen molar-refractivity contribution in [2.45, 2.75) is 40.2 Å². The van der Waals surface area contributed by atoms with E-state index in [0.29, 0.717) is 24.0 Å². The molecule has 1 aliphatic rings. The Morgan fingerprint density at radius 1 is 1.55 bits per heavy atom. The molecule has 124 valence electrons. The lowest BCUT2D eigenvalue weighted by molar-refractivity contribution is -0.0611. The molecule has 2 rings (SSSR count). The van der Waals surface area contributed by atoms with Crippen molar-refractivity contribution in [3.8, 4) is 0 Å². The summed E-state index contributed by atoms with van der Waals surface area (Å²) in [5.74, 6) is 0.417.